The maximum atomic E-state index is 6.93. The van der Waals surface area contributed by atoms with Crippen LogP contribution in [-0.2, 0) is 5.41 Å². The van der Waals surface area contributed by atoms with Crippen LogP contribution in [0.4, 0.5) is 0 Å². The normalized spacial score (nSPS) is 16.0. The van der Waals surface area contributed by atoms with Gasteiger partial charge in [0.05, 0.1) is 11.1 Å². The van der Waals surface area contributed by atoms with Crippen molar-refractivity contribution in [3.63, 3.8) is 0 Å². The van der Waals surface area contributed by atoms with Gasteiger partial charge in [-0.2, -0.15) is 0 Å². The van der Waals surface area contributed by atoms with E-state index >= 15 is 0 Å². The summed E-state index contributed by atoms with van der Waals surface area (Å²) in [5.41, 5.74) is 12.1. The van der Waals surface area contributed by atoms with Gasteiger partial charge >= 0.3 is 0 Å². The highest BCUT2D eigenvalue weighted by molar-refractivity contribution is 6.19. The lowest BCUT2D eigenvalue weighted by molar-refractivity contribution is 0.355. The van der Waals surface area contributed by atoms with Crippen LogP contribution in [0, 0.1) is 5.92 Å². The summed E-state index contributed by atoms with van der Waals surface area (Å²) in [5.74, 6) is 3.25. The Balaban J connectivity index is 0.000000672. The van der Waals surface area contributed by atoms with Crippen molar-refractivity contribution in [2.45, 2.75) is 25.2 Å². The molecule has 0 amide bonds. The molecule has 68 heavy (non-hydrogen) atoms. The Bertz CT molecular complexity index is 3180. The molecule has 2 unspecified atom stereocenters. The van der Waals surface area contributed by atoms with E-state index in [1.54, 1.807) is 12.2 Å². The summed E-state index contributed by atoms with van der Waals surface area (Å²) in [4.78, 5) is 4.80. The third kappa shape index (κ3) is 8.51. The van der Waals surface area contributed by atoms with Gasteiger partial charge in [0.15, 0.2) is 23.0 Å². The Kier molecular flexibility index (Phi) is 13.5. The zero-order valence-corrected chi connectivity index (χ0v) is 38.9. The van der Waals surface area contributed by atoms with Crippen LogP contribution in [0.5, 0.6) is 23.0 Å². The van der Waals surface area contributed by atoms with E-state index in [2.05, 4.69) is 232 Å². The zero-order valence-electron chi connectivity index (χ0n) is 38.9. The third-order valence-electron chi connectivity index (χ3n) is 12.9. The van der Waals surface area contributed by atoms with Gasteiger partial charge in [0.1, 0.15) is 0 Å². The standard InChI is InChI=1S/C57H41NO2.C5H8.C3H6/c1-58-51(46-26-15-19-39-18-11-12-24-45(39)46)37-48(40-16-5-2-6-17-40)41-30-28-38(29-31-41)42-32-34-52-54(36-42)59-53-35-33-50-55(56(53)60-52)47-25-13-14-27-49(47)57(50,43-20-7-3-8-21-43)44-22-9-4-10-23-44;1-3-5-4-2;1-3-2/h2-37,47,49H,1H3;3-5H,1H2,2H3;3H,1H2,2H3/b48-37+,58-51?;5-4-;. The Morgan fingerprint density at radius 1 is 0.588 bits per heavy atom. The summed E-state index contributed by atoms with van der Waals surface area (Å²) in [6.45, 7) is 10.7. The molecule has 0 saturated carbocycles. The van der Waals surface area contributed by atoms with Crippen molar-refractivity contribution in [1.29, 1.82) is 0 Å². The number of hydrogen-bond acceptors (Lipinski definition) is 3. The van der Waals surface area contributed by atoms with Crippen molar-refractivity contribution in [2.24, 2.45) is 10.9 Å². The molecule has 0 aromatic heterocycles. The Morgan fingerprint density at radius 3 is 1.85 bits per heavy atom. The molecule has 3 heteroatoms. The molecule has 0 saturated heterocycles. The topological polar surface area (TPSA) is 30.8 Å². The number of fused-ring (bicyclic) bond motifs is 7. The molecule has 1 heterocycles. The molecule has 332 valence electrons. The number of hydrogen-bond donors (Lipinski definition) is 0. The van der Waals surface area contributed by atoms with Gasteiger partial charge in [-0.25, -0.2) is 0 Å². The molecular weight excluding hydrogens is 827 g/mol. The molecule has 2 aliphatic carbocycles. The van der Waals surface area contributed by atoms with Crippen molar-refractivity contribution in [1.82, 2.24) is 0 Å². The smallest absolute Gasteiger partial charge is 0.174 e. The highest BCUT2D eigenvalue weighted by Crippen LogP contribution is 2.64. The molecule has 0 radical (unpaired) electrons. The lowest BCUT2D eigenvalue weighted by Gasteiger charge is -2.38. The highest BCUT2D eigenvalue weighted by Gasteiger charge is 2.54. The van der Waals surface area contributed by atoms with Gasteiger partial charge in [-0.05, 0) is 93.4 Å². The van der Waals surface area contributed by atoms with Crippen molar-refractivity contribution in [3.8, 4) is 34.1 Å². The average molecular weight is 882 g/mol. The van der Waals surface area contributed by atoms with Crippen LogP contribution < -0.4 is 9.47 Å². The van der Waals surface area contributed by atoms with E-state index in [-0.39, 0.29) is 11.8 Å². The second-order valence-corrected chi connectivity index (χ2v) is 16.9. The molecule has 1 aliphatic heterocycles. The number of ether oxygens (including phenoxy) is 2. The maximum absolute atomic E-state index is 6.93. The van der Waals surface area contributed by atoms with E-state index in [0.717, 1.165) is 50.6 Å². The van der Waals surface area contributed by atoms with E-state index in [9.17, 15) is 0 Å². The fraction of sp³-hybridized carbons (Fsp3) is 0.0923. The first-order chi connectivity index (χ1) is 33.5. The molecule has 3 nitrogen and oxygen atoms in total. The van der Waals surface area contributed by atoms with Crippen LogP contribution in [0.1, 0.15) is 58.7 Å². The maximum Gasteiger partial charge on any atom is 0.174 e. The minimum Gasteiger partial charge on any atom is -0.449 e. The monoisotopic (exact) mass is 881 g/mol. The second-order valence-electron chi connectivity index (χ2n) is 16.9. The predicted molar refractivity (Wildman–Crippen MR) is 287 cm³/mol. The van der Waals surface area contributed by atoms with E-state index < -0.39 is 5.41 Å². The van der Waals surface area contributed by atoms with Crippen molar-refractivity contribution in [3.05, 3.63) is 295 Å². The number of nitrogens with zero attached hydrogens (tertiary/aromatic N) is 1. The molecular formula is C65H55NO2. The van der Waals surface area contributed by atoms with Crippen LogP contribution in [-0.4, -0.2) is 12.8 Å². The van der Waals surface area contributed by atoms with E-state index in [1.807, 2.05) is 33.0 Å². The van der Waals surface area contributed by atoms with Gasteiger partial charge in [0.2, 0.25) is 0 Å². The van der Waals surface area contributed by atoms with Crippen LogP contribution in [0.2, 0.25) is 0 Å². The summed E-state index contributed by atoms with van der Waals surface area (Å²) < 4.78 is 13.7. The Labute approximate surface area is 401 Å². The van der Waals surface area contributed by atoms with Gasteiger partial charge < -0.3 is 9.47 Å². The average Bonchev–Trinajstić information content (AvgIpc) is 3.71. The molecule has 2 atom stereocenters. The Morgan fingerprint density at radius 2 is 1.19 bits per heavy atom. The lowest BCUT2D eigenvalue weighted by Crippen LogP contribution is -2.34. The number of aliphatic imine (C=N–C) groups is 1. The summed E-state index contributed by atoms with van der Waals surface area (Å²) in [6, 6.07) is 66.8. The van der Waals surface area contributed by atoms with E-state index in [1.165, 1.54) is 33.0 Å². The van der Waals surface area contributed by atoms with Crippen LogP contribution in [0.25, 0.3) is 27.5 Å². The highest BCUT2D eigenvalue weighted by atomic mass is 16.6. The van der Waals surface area contributed by atoms with Gasteiger partial charge in [-0.1, -0.05) is 225 Å². The molecule has 3 aliphatic rings. The van der Waals surface area contributed by atoms with E-state index in [4.69, 9.17) is 14.5 Å². The van der Waals surface area contributed by atoms with Crippen molar-refractivity contribution in [2.75, 3.05) is 7.05 Å². The molecule has 0 fully saturated rings. The van der Waals surface area contributed by atoms with Gasteiger partial charge in [-0.3, -0.25) is 4.99 Å². The molecule has 0 N–H and O–H groups in total. The summed E-state index contributed by atoms with van der Waals surface area (Å²) >= 11 is 0. The van der Waals surface area contributed by atoms with Crippen molar-refractivity contribution < 1.29 is 9.47 Å². The Hall–Kier alpha value is -8.27. The fourth-order valence-corrected chi connectivity index (χ4v) is 10.0. The summed E-state index contributed by atoms with van der Waals surface area (Å²) in [5, 5.41) is 2.38. The number of benzene rings is 8. The molecule has 11 rings (SSSR count). The molecule has 8 aromatic carbocycles. The first kappa shape index (κ1) is 44.9. The van der Waals surface area contributed by atoms with Crippen LogP contribution >= 0.6 is 0 Å². The third-order valence-corrected chi connectivity index (χ3v) is 12.9. The first-order valence-corrected chi connectivity index (χ1v) is 23.3. The lowest BCUT2D eigenvalue weighted by atomic mass is 9.63. The summed E-state index contributed by atoms with van der Waals surface area (Å²) in [7, 11) is 1.87. The first-order valence-electron chi connectivity index (χ1n) is 23.3. The van der Waals surface area contributed by atoms with Crippen LogP contribution in [0.3, 0.4) is 0 Å². The minimum absolute atomic E-state index is 0.116. The van der Waals surface area contributed by atoms with E-state index in [0.29, 0.717) is 11.5 Å². The molecule has 0 spiro atoms. The van der Waals surface area contributed by atoms with Gasteiger partial charge in [-0.15, -0.1) is 6.58 Å². The molecule has 8 aromatic rings. The van der Waals surface area contributed by atoms with Crippen LogP contribution in [0.15, 0.2) is 261 Å². The second kappa shape index (κ2) is 20.5. The zero-order chi connectivity index (χ0) is 46.9. The predicted octanol–water partition coefficient (Wildman–Crippen LogP) is 17.1. The van der Waals surface area contributed by atoms with Crippen molar-refractivity contribution >= 4 is 22.1 Å². The number of rotatable bonds is 8. The molecule has 0 bridgehead atoms. The number of allylic oxidation sites excluding steroid dienone is 9. The van der Waals surface area contributed by atoms with Gasteiger partial charge in [0, 0.05) is 30.0 Å². The minimum atomic E-state index is -0.394. The summed E-state index contributed by atoms with van der Waals surface area (Å²) in [6.07, 6.45) is 18.6. The SMILES string of the molecule is C=C/C=C\C.C=CC.CN=C(/C=C(\c1ccccc1)c1ccc(-c2ccc3c(c2)Oc2ccc4c(c2O3)C2C=CC=CC2C4(c2ccccc2)c2ccccc2)cc1)c1cccc2ccccc12. The quantitative estimate of drug-likeness (QED) is 0.0865. The largest absolute Gasteiger partial charge is 0.449 e. The van der Waals surface area contributed by atoms with Gasteiger partial charge in [0.25, 0.3) is 0 Å². The fourth-order valence-electron chi connectivity index (χ4n) is 10.0.